The lowest BCUT2D eigenvalue weighted by atomic mass is 10.1. The van der Waals surface area contributed by atoms with Crippen LogP contribution in [0.5, 0.6) is 0 Å². The highest BCUT2D eigenvalue weighted by atomic mass is 35.5. The van der Waals surface area contributed by atoms with Crippen molar-refractivity contribution in [2.24, 2.45) is 0 Å². The lowest BCUT2D eigenvalue weighted by Gasteiger charge is -2.04. The average Bonchev–Trinajstić information content (AvgIpc) is 2.05. The van der Waals surface area contributed by atoms with Gasteiger partial charge in [0.1, 0.15) is 0 Å². The molecule has 0 aliphatic heterocycles. The summed E-state index contributed by atoms with van der Waals surface area (Å²) >= 11 is 5.79. The minimum absolute atomic E-state index is 0.0559. The van der Waals surface area contributed by atoms with Crippen molar-refractivity contribution in [3.05, 3.63) is 47.0 Å². The molecule has 0 atom stereocenters. The fourth-order valence-corrected chi connectivity index (χ4v) is 1.29. The van der Waals surface area contributed by atoms with Crippen molar-refractivity contribution in [3.63, 3.8) is 0 Å². The van der Waals surface area contributed by atoms with Crippen molar-refractivity contribution in [1.82, 2.24) is 0 Å². The minimum atomic E-state index is 0.0559. The molecule has 12 heavy (non-hydrogen) atoms. The molecule has 1 aromatic rings. The first-order valence-electron chi connectivity index (χ1n) is 3.77. The summed E-state index contributed by atoms with van der Waals surface area (Å²) in [6, 6.07) is 5.47. The van der Waals surface area contributed by atoms with Crippen LogP contribution < -0.4 is 0 Å². The molecule has 0 saturated heterocycles. The van der Waals surface area contributed by atoms with Crippen LogP contribution in [0.4, 0.5) is 0 Å². The van der Waals surface area contributed by atoms with Gasteiger partial charge < -0.3 is 5.11 Å². The molecule has 0 bridgehead atoms. The molecule has 1 N–H and O–H groups in total. The molecule has 0 fully saturated rings. The van der Waals surface area contributed by atoms with Gasteiger partial charge in [-0.25, -0.2) is 0 Å². The van der Waals surface area contributed by atoms with Gasteiger partial charge in [-0.2, -0.15) is 0 Å². The van der Waals surface area contributed by atoms with Crippen molar-refractivity contribution >= 4 is 11.6 Å². The Balaban J connectivity index is 3.03. The van der Waals surface area contributed by atoms with E-state index in [4.69, 9.17) is 16.7 Å². The topological polar surface area (TPSA) is 20.2 Å². The van der Waals surface area contributed by atoms with E-state index in [1.54, 1.807) is 12.1 Å². The van der Waals surface area contributed by atoms with Gasteiger partial charge in [0.25, 0.3) is 0 Å². The smallest absolute Gasteiger partial charge is 0.0684 e. The third kappa shape index (κ3) is 2.10. The van der Waals surface area contributed by atoms with Gasteiger partial charge >= 0.3 is 0 Å². The largest absolute Gasteiger partial charge is 0.392 e. The maximum atomic E-state index is 8.96. The molecular formula is C10H11ClO. The van der Waals surface area contributed by atoms with E-state index in [0.29, 0.717) is 5.02 Å². The van der Waals surface area contributed by atoms with E-state index in [-0.39, 0.29) is 6.61 Å². The number of halogens is 1. The Bertz CT molecular complexity index is 281. The highest BCUT2D eigenvalue weighted by Gasteiger charge is 1.99. The van der Waals surface area contributed by atoms with Crippen LogP contribution in [0.3, 0.4) is 0 Å². The number of benzene rings is 1. The van der Waals surface area contributed by atoms with E-state index in [1.165, 1.54) is 0 Å². The van der Waals surface area contributed by atoms with Gasteiger partial charge in [-0.3, -0.25) is 0 Å². The molecule has 0 heterocycles. The van der Waals surface area contributed by atoms with Crippen LogP contribution in [0.15, 0.2) is 30.9 Å². The van der Waals surface area contributed by atoms with Gasteiger partial charge in [-0.05, 0) is 29.7 Å². The molecular weight excluding hydrogens is 172 g/mol. The number of hydrogen-bond donors (Lipinski definition) is 1. The van der Waals surface area contributed by atoms with Crippen molar-refractivity contribution in [3.8, 4) is 0 Å². The van der Waals surface area contributed by atoms with Crippen molar-refractivity contribution in [1.29, 1.82) is 0 Å². The molecule has 0 unspecified atom stereocenters. The SMILES string of the molecule is C=CCc1cc(Cl)ccc1CO. The fourth-order valence-electron chi connectivity index (χ4n) is 1.09. The molecule has 1 rings (SSSR count). The van der Waals surface area contributed by atoms with Gasteiger partial charge in [0.15, 0.2) is 0 Å². The van der Waals surface area contributed by atoms with Crippen LogP contribution in [-0.4, -0.2) is 5.11 Å². The van der Waals surface area contributed by atoms with Gasteiger partial charge in [0.05, 0.1) is 6.61 Å². The summed E-state index contributed by atoms with van der Waals surface area (Å²) in [7, 11) is 0. The average molecular weight is 183 g/mol. The first-order chi connectivity index (χ1) is 5.77. The third-order valence-corrected chi connectivity index (χ3v) is 1.94. The first kappa shape index (κ1) is 9.30. The third-order valence-electron chi connectivity index (χ3n) is 1.70. The molecule has 0 amide bonds. The Kier molecular flexibility index (Phi) is 3.32. The van der Waals surface area contributed by atoms with Crippen LogP contribution in [0.25, 0.3) is 0 Å². The van der Waals surface area contributed by atoms with E-state index in [0.717, 1.165) is 17.5 Å². The fraction of sp³-hybridized carbons (Fsp3) is 0.200. The van der Waals surface area contributed by atoms with E-state index >= 15 is 0 Å². The standard InChI is InChI=1S/C10H11ClO/c1-2-3-8-6-10(11)5-4-9(8)7-12/h2,4-6,12H,1,3,7H2. The summed E-state index contributed by atoms with van der Waals surface area (Å²) < 4.78 is 0. The normalized spacial score (nSPS) is 9.83. The second kappa shape index (κ2) is 4.29. The van der Waals surface area contributed by atoms with E-state index < -0.39 is 0 Å². The second-order valence-corrected chi connectivity index (χ2v) is 3.00. The molecule has 0 aliphatic carbocycles. The van der Waals surface area contributed by atoms with Gasteiger partial charge in [0.2, 0.25) is 0 Å². The molecule has 0 radical (unpaired) electrons. The molecule has 0 aliphatic rings. The Morgan fingerprint density at radius 1 is 1.42 bits per heavy atom. The van der Waals surface area contributed by atoms with Crippen molar-refractivity contribution in [2.75, 3.05) is 0 Å². The molecule has 0 saturated carbocycles. The zero-order chi connectivity index (χ0) is 8.97. The zero-order valence-corrected chi connectivity index (χ0v) is 7.51. The number of aliphatic hydroxyl groups excluding tert-OH is 1. The van der Waals surface area contributed by atoms with Crippen LogP contribution >= 0.6 is 11.6 Å². The predicted molar refractivity (Wildman–Crippen MR) is 51.3 cm³/mol. The van der Waals surface area contributed by atoms with Gasteiger partial charge in [-0.1, -0.05) is 23.7 Å². The number of hydrogen-bond acceptors (Lipinski definition) is 1. The summed E-state index contributed by atoms with van der Waals surface area (Å²) in [5.41, 5.74) is 1.96. The maximum Gasteiger partial charge on any atom is 0.0684 e. The highest BCUT2D eigenvalue weighted by Crippen LogP contribution is 2.16. The van der Waals surface area contributed by atoms with Crippen molar-refractivity contribution in [2.45, 2.75) is 13.0 Å². The van der Waals surface area contributed by atoms with E-state index in [2.05, 4.69) is 6.58 Å². The Hall–Kier alpha value is -0.790. The van der Waals surface area contributed by atoms with Crippen LogP contribution in [0.2, 0.25) is 5.02 Å². The molecule has 1 nitrogen and oxygen atoms in total. The zero-order valence-electron chi connectivity index (χ0n) is 6.76. The van der Waals surface area contributed by atoms with Gasteiger partial charge in [-0.15, -0.1) is 6.58 Å². The summed E-state index contributed by atoms with van der Waals surface area (Å²) in [6.45, 7) is 3.69. The predicted octanol–water partition coefficient (Wildman–Crippen LogP) is 2.56. The quantitative estimate of drug-likeness (QED) is 0.713. The summed E-state index contributed by atoms with van der Waals surface area (Å²) in [5, 5.41) is 9.66. The van der Waals surface area contributed by atoms with E-state index in [1.807, 2.05) is 12.1 Å². The minimum Gasteiger partial charge on any atom is -0.392 e. The molecule has 1 aromatic carbocycles. The first-order valence-corrected chi connectivity index (χ1v) is 4.14. The van der Waals surface area contributed by atoms with E-state index in [9.17, 15) is 0 Å². The lowest BCUT2D eigenvalue weighted by molar-refractivity contribution is 0.281. The summed E-state index contributed by atoms with van der Waals surface area (Å²) in [4.78, 5) is 0. The van der Waals surface area contributed by atoms with Crippen LogP contribution in [0.1, 0.15) is 11.1 Å². The number of aliphatic hydroxyl groups is 1. The second-order valence-electron chi connectivity index (χ2n) is 2.56. The monoisotopic (exact) mass is 182 g/mol. The van der Waals surface area contributed by atoms with Crippen molar-refractivity contribution < 1.29 is 5.11 Å². The number of allylic oxidation sites excluding steroid dienone is 1. The van der Waals surface area contributed by atoms with Gasteiger partial charge in [0, 0.05) is 5.02 Å². The molecule has 2 heteroatoms. The molecule has 64 valence electrons. The molecule has 0 aromatic heterocycles. The Labute approximate surface area is 77.3 Å². The Morgan fingerprint density at radius 2 is 2.17 bits per heavy atom. The maximum absolute atomic E-state index is 8.96. The number of rotatable bonds is 3. The molecule has 0 spiro atoms. The lowest BCUT2D eigenvalue weighted by Crippen LogP contribution is -1.91. The highest BCUT2D eigenvalue weighted by molar-refractivity contribution is 6.30. The Morgan fingerprint density at radius 3 is 2.75 bits per heavy atom. The summed E-state index contributed by atoms with van der Waals surface area (Å²) in [6.07, 6.45) is 2.54. The van der Waals surface area contributed by atoms with Crippen LogP contribution in [-0.2, 0) is 13.0 Å². The summed E-state index contributed by atoms with van der Waals surface area (Å²) in [5.74, 6) is 0. The van der Waals surface area contributed by atoms with Crippen LogP contribution in [0, 0.1) is 0 Å².